The molecule has 0 bridgehead atoms. The van der Waals surface area contributed by atoms with Gasteiger partial charge in [0.2, 0.25) is 5.91 Å². The predicted octanol–water partition coefficient (Wildman–Crippen LogP) is 5.88. The first-order valence-corrected chi connectivity index (χ1v) is 13.3. The van der Waals surface area contributed by atoms with Gasteiger partial charge >= 0.3 is 5.97 Å². The minimum absolute atomic E-state index is 0.261. The summed E-state index contributed by atoms with van der Waals surface area (Å²) in [6.07, 6.45) is 2.90. The molecule has 202 valence electrons. The lowest BCUT2D eigenvalue weighted by Crippen LogP contribution is -2.25. The zero-order valence-corrected chi connectivity index (χ0v) is 22.7. The Bertz CT molecular complexity index is 1370. The number of imide groups is 1. The highest BCUT2D eigenvalue weighted by Crippen LogP contribution is 2.31. The van der Waals surface area contributed by atoms with E-state index in [1.165, 1.54) is 0 Å². The summed E-state index contributed by atoms with van der Waals surface area (Å²) in [7, 11) is 3.14. The summed E-state index contributed by atoms with van der Waals surface area (Å²) in [6, 6.07) is 19.9. The van der Waals surface area contributed by atoms with Crippen molar-refractivity contribution in [3.05, 3.63) is 83.4 Å². The van der Waals surface area contributed by atoms with E-state index in [4.69, 9.17) is 18.9 Å². The van der Waals surface area contributed by atoms with Gasteiger partial charge in [0.1, 0.15) is 23.0 Å². The molecule has 0 radical (unpaired) electrons. The highest BCUT2D eigenvalue weighted by Gasteiger charge is 2.31. The van der Waals surface area contributed by atoms with Gasteiger partial charge in [0.25, 0.3) is 5.24 Å². The Morgan fingerprint density at radius 3 is 2.18 bits per heavy atom. The number of hydrogen-bond donors (Lipinski definition) is 1. The molecule has 4 rings (SSSR count). The van der Waals surface area contributed by atoms with E-state index in [0.717, 1.165) is 17.3 Å². The molecule has 1 heterocycles. The number of amides is 2. The Kier molecular flexibility index (Phi) is 9.27. The van der Waals surface area contributed by atoms with Crippen LogP contribution in [0.15, 0.2) is 66.7 Å². The van der Waals surface area contributed by atoms with Crippen molar-refractivity contribution in [2.24, 2.45) is 0 Å². The van der Waals surface area contributed by atoms with Crippen molar-refractivity contribution in [3.63, 3.8) is 0 Å². The number of carbonyl (C=O) groups is 3. The second kappa shape index (κ2) is 13.0. The van der Waals surface area contributed by atoms with Gasteiger partial charge < -0.3 is 18.9 Å². The predicted molar refractivity (Wildman–Crippen MR) is 150 cm³/mol. The number of esters is 1. The molecule has 1 aliphatic rings. The van der Waals surface area contributed by atoms with E-state index in [-0.39, 0.29) is 11.1 Å². The summed E-state index contributed by atoms with van der Waals surface area (Å²) in [5, 5.41) is 1.57. The Morgan fingerprint density at radius 2 is 1.59 bits per heavy atom. The average Bonchev–Trinajstić information content (AvgIpc) is 3.27. The van der Waals surface area contributed by atoms with E-state index in [0.29, 0.717) is 59.1 Å². The molecule has 1 saturated heterocycles. The Balaban J connectivity index is 1.51. The maximum atomic E-state index is 13.0. The maximum Gasteiger partial charge on any atom is 0.338 e. The first kappa shape index (κ1) is 27.8. The van der Waals surface area contributed by atoms with Gasteiger partial charge in [-0.15, -0.1) is 0 Å². The zero-order chi connectivity index (χ0) is 27.8. The van der Waals surface area contributed by atoms with Gasteiger partial charge in [0.15, 0.2) is 0 Å². The van der Waals surface area contributed by atoms with Crippen LogP contribution in [0.1, 0.15) is 30.0 Å². The van der Waals surface area contributed by atoms with Crippen molar-refractivity contribution < 1.29 is 33.3 Å². The van der Waals surface area contributed by atoms with E-state index in [2.05, 4.69) is 5.32 Å². The lowest BCUT2D eigenvalue weighted by Gasteiger charge is -2.12. The molecule has 1 aliphatic heterocycles. The summed E-state index contributed by atoms with van der Waals surface area (Å²) >= 11 is 1.01. The van der Waals surface area contributed by atoms with Gasteiger partial charge in [0.05, 0.1) is 31.6 Å². The van der Waals surface area contributed by atoms with Gasteiger partial charge in [0, 0.05) is 11.6 Å². The number of benzene rings is 3. The van der Waals surface area contributed by atoms with Crippen LogP contribution in [0.4, 0.5) is 4.79 Å². The zero-order valence-electron chi connectivity index (χ0n) is 21.9. The van der Waals surface area contributed by atoms with Gasteiger partial charge in [-0.1, -0.05) is 43.0 Å². The molecule has 1 unspecified atom stereocenters. The van der Waals surface area contributed by atoms with Crippen LogP contribution >= 0.6 is 11.8 Å². The van der Waals surface area contributed by atoms with E-state index >= 15 is 0 Å². The standard InChI is InChI=1S/C30H29NO7S/c1-4-15-37-29(33)25(17-21-9-14-24(35-2)18-26(21)36-3)20-7-12-23(13-8-20)38-22-10-5-19(6-11-22)16-27-28(32)31-30(34)39-27/h5-14,17-18,27H,4,15-16H2,1-3H3,(H,31,32,34)/b25-17+. The smallest absolute Gasteiger partial charge is 0.338 e. The fourth-order valence-corrected chi connectivity index (χ4v) is 4.76. The molecule has 0 aliphatic carbocycles. The summed E-state index contributed by atoms with van der Waals surface area (Å²) in [6.45, 7) is 2.25. The third-order valence-corrected chi connectivity index (χ3v) is 6.89. The highest BCUT2D eigenvalue weighted by atomic mass is 32.2. The summed E-state index contributed by atoms with van der Waals surface area (Å²) in [5.74, 6) is 1.72. The largest absolute Gasteiger partial charge is 0.497 e. The Hall–Kier alpha value is -4.24. The van der Waals surface area contributed by atoms with E-state index in [1.807, 2.05) is 37.3 Å². The van der Waals surface area contributed by atoms with E-state index in [1.54, 1.807) is 56.7 Å². The van der Waals surface area contributed by atoms with Crippen LogP contribution in [0.3, 0.4) is 0 Å². The third-order valence-electron chi connectivity index (χ3n) is 5.91. The average molecular weight is 548 g/mol. The molecule has 3 aromatic rings. The topological polar surface area (TPSA) is 100 Å². The normalized spacial score (nSPS) is 15.1. The molecule has 1 fully saturated rings. The minimum Gasteiger partial charge on any atom is -0.497 e. The Morgan fingerprint density at radius 1 is 0.923 bits per heavy atom. The molecule has 2 amide bonds. The summed E-state index contributed by atoms with van der Waals surface area (Å²) < 4.78 is 22.2. The van der Waals surface area contributed by atoms with Gasteiger partial charge in [-0.05, 0) is 66.4 Å². The van der Waals surface area contributed by atoms with Crippen LogP contribution < -0.4 is 19.5 Å². The van der Waals surface area contributed by atoms with Crippen LogP contribution in [0.2, 0.25) is 0 Å². The summed E-state index contributed by atoms with van der Waals surface area (Å²) in [5.41, 5.74) is 2.68. The van der Waals surface area contributed by atoms with Crippen LogP contribution in [0.25, 0.3) is 11.6 Å². The number of thioether (sulfide) groups is 1. The van der Waals surface area contributed by atoms with E-state index in [9.17, 15) is 14.4 Å². The number of hydrogen-bond acceptors (Lipinski definition) is 8. The molecule has 3 aromatic carbocycles. The maximum absolute atomic E-state index is 13.0. The van der Waals surface area contributed by atoms with Crippen molar-refractivity contribution in [2.75, 3.05) is 20.8 Å². The lowest BCUT2D eigenvalue weighted by molar-refractivity contribution is -0.136. The van der Waals surface area contributed by atoms with Gasteiger partial charge in [-0.3, -0.25) is 14.9 Å². The molecule has 0 spiro atoms. The van der Waals surface area contributed by atoms with Crippen molar-refractivity contribution in [1.29, 1.82) is 0 Å². The first-order chi connectivity index (χ1) is 18.9. The Labute approximate surface area is 231 Å². The fraction of sp³-hybridized carbons (Fsp3) is 0.233. The monoisotopic (exact) mass is 547 g/mol. The van der Waals surface area contributed by atoms with Crippen LogP contribution in [0, 0.1) is 0 Å². The quantitative estimate of drug-likeness (QED) is 0.180. The molecule has 9 heteroatoms. The molecular formula is C30H29NO7S. The third kappa shape index (κ3) is 7.20. The molecule has 39 heavy (non-hydrogen) atoms. The van der Waals surface area contributed by atoms with Gasteiger partial charge in [-0.25, -0.2) is 4.79 Å². The molecular weight excluding hydrogens is 518 g/mol. The number of methoxy groups -OCH3 is 2. The van der Waals surface area contributed by atoms with Crippen LogP contribution in [-0.4, -0.2) is 43.2 Å². The van der Waals surface area contributed by atoms with Crippen LogP contribution in [-0.2, 0) is 20.7 Å². The lowest BCUT2D eigenvalue weighted by atomic mass is 10.0. The van der Waals surface area contributed by atoms with Crippen molar-refractivity contribution in [1.82, 2.24) is 5.32 Å². The van der Waals surface area contributed by atoms with Crippen molar-refractivity contribution in [3.8, 4) is 23.0 Å². The number of rotatable bonds is 11. The molecule has 8 nitrogen and oxygen atoms in total. The second-order valence-corrected chi connectivity index (χ2v) is 9.84. The van der Waals surface area contributed by atoms with Crippen molar-refractivity contribution >= 4 is 40.5 Å². The first-order valence-electron chi connectivity index (χ1n) is 12.4. The molecule has 0 saturated carbocycles. The molecule has 1 atom stereocenters. The van der Waals surface area contributed by atoms with E-state index < -0.39 is 11.2 Å². The fourth-order valence-electron chi connectivity index (χ4n) is 3.90. The molecule has 0 aromatic heterocycles. The SMILES string of the molecule is CCCOC(=O)/C(=C/c1ccc(OC)cc1OC)c1ccc(Oc2ccc(CC3SC(=O)NC3=O)cc2)cc1. The van der Waals surface area contributed by atoms with Crippen molar-refractivity contribution in [2.45, 2.75) is 25.0 Å². The number of ether oxygens (including phenoxy) is 4. The highest BCUT2D eigenvalue weighted by molar-refractivity contribution is 8.15. The minimum atomic E-state index is -0.435. The van der Waals surface area contributed by atoms with Crippen LogP contribution in [0.5, 0.6) is 23.0 Å². The number of nitrogens with one attached hydrogen (secondary N) is 1. The second-order valence-electron chi connectivity index (χ2n) is 8.66. The number of carbonyl (C=O) groups excluding carboxylic acids is 3. The van der Waals surface area contributed by atoms with Gasteiger partial charge in [-0.2, -0.15) is 0 Å². The molecule has 1 N–H and O–H groups in total. The summed E-state index contributed by atoms with van der Waals surface area (Å²) in [4.78, 5) is 36.1.